The first-order valence-corrected chi connectivity index (χ1v) is 7.26. The number of amides is 1. The van der Waals surface area contributed by atoms with Crippen LogP contribution in [0.3, 0.4) is 0 Å². The lowest BCUT2D eigenvalue weighted by Gasteiger charge is -2.20. The Morgan fingerprint density at radius 3 is 2.63 bits per heavy atom. The van der Waals surface area contributed by atoms with E-state index in [-0.39, 0.29) is 0 Å². The van der Waals surface area contributed by atoms with Gasteiger partial charge in [-0.3, -0.25) is 5.32 Å². The molecular weight excluding hydrogens is 330 g/mol. The maximum atomic E-state index is 11.8. The van der Waals surface area contributed by atoms with E-state index >= 15 is 0 Å². The van der Waals surface area contributed by atoms with Crippen molar-refractivity contribution >= 4 is 44.9 Å². The van der Waals surface area contributed by atoms with Crippen LogP contribution in [0.4, 0.5) is 10.5 Å². The molecule has 0 heterocycles. The minimum atomic E-state index is -0.539. The van der Waals surface area contributed by atoms with E-state index in [1.165, 1.54) is 0 Å². The number of benzene rings is 1. The van der Waals surface area contributed by atoms with Gasteiger partial charge in [0.05, 0.1) is 5.69 Å². The third kappa shape index (κ3) is 5.25. The Morgan fingerprint density at radius 2 is 2.11 bits per heavy atom. The fourth-order valence-corrected chi connectivity index (χ4v) is 1.88. The van der Waals surface area contributed by atoms with Crippen LogP contribution in [0.25, 0.3) is 5.57 Å². The zero-order chi connectivity index (χ0) is 14.6. The molecule has 1 rings (SSSR count). The molecule has 0 spiro atoms. The van der Waals surface area contributed by atoms with Gasteiger partial charge in [-0.2, -0.15) is 0 Å². The van der Waals surface area contributed by atoms with Crippen molar-refractivity contribution in [1.82, 2.24) is 0 Å². The molecule has 5 heteroatoms. The van der Waals surface area contributed by atoms with Crippen molar-refractivity contribution in [3.63, 3.8) is 0 Å². The third-order valence-corrected chi connectivity index (χ3v) is 3.07. The van der Waals surface area contributed by atoms with Crippen LogP contribution >= 0.6 is 27.5 Å². The number of hydrogen-bond donors (Lipinski definition) is 1. The van der Waals surface area contributed by atoms with Gasteiger partial charge in [0, 0.05) is 15.9 Å². The second-order valence-electron chi connectivity index (χ2n) is 5.05. The van der Waals surface area contributed by atoms with Crippen molar-refractivity contribution in [3.05, 3.63) is 35.4 Å². The Morgan fingerprint density at radius 1 is 1.47 bits per heavy atom. The number of rotatable bonds is 3. The molecule has 0 aromatic heterocycles. The van der Waals surface area contributed by atoms with Crippen molar-refractivity contribution in [3.8, 4) is 0 Å². The van der Waals surface area contributed by atoms with Crippen LogP contribution in [-0.2, 0) is 4.74 Å². The number of ether oxygens (including phenoxy) is 1. The Bertz CT molecular complexity index is 495. The summed E-state index contributed by atoms with van der Waals surface area (Å²) in [6.45, 7) is 9.37. The number of nitrogens with one attached hydrogen (secondary N) is 1. The normalized spacial score (nSPS) is 11.0. The predicted molar refractivity (Wildman–Crippen MR) is 84.1 cm³/mol. The van der Waals surface area contributed by atoms with E-state index in [2.05, 4.69) is 27.8 Å². The second kappa shape index (κ2) is 6.44. The number of alkyl halides is 1. The zero-order valence-corrected chi connectivity index (χ0v) is 13.6. The topological polar surface area (TPSA) is 38.3 Å². The SMILES string of the molecule is C=C(CBr)c1cc(Cl)ccc1NC(=O)OC(C)(C)C. The molecule has 1 N–H and O–H groups in total. The van der Waals surface area contributed by atoms with Crippen molar-refractivity contribution in [2.24, 2.45) is 0 Å². The van der Waals surface area contributed by atoms with Crippen LogP contribution in [0.2, 0.25) is 5.02 Å². The van der Waals surface area contributed by atoms with Crippen LogP contribution in [0.5, 0.6) is 0 Å². The van der Waals surface area contributed by atoms with Gasteiger partial charge < -0.3 is 4.74 Å². The first-order valence-electron chi connectivity index (χ1n) is 5.76. The minimum absolute atomic E-state index is 0.501. The van der Waals surface area contributed by atoms with Crippen molar-refractivity contribution < 1.29 is 9.53 Å². The highest BCUT2D eigenvalue weighted by Gasteiger charge is 2.17. The Kier molecular flexibility index (Phi) is 5.44. The molecule has 0 aliphatic carbocycles. The third-order valence-electron chi connectivity index (χ3n) is 2.16. The fraction of sp³-hybridized carbons (Fsp3) is 0.357. The molecule has 1 aromatic carbocycles. The van der Waals surface area contributed by atoms with Gasteiger partial charge in [-0.05, 0) is 44.5 Å². The summed E-state index contributed by atoms with van der Waals surface area (Å²) >= 11 is 9.30. The molecule has 3 nitrogen and oxygen atoms in total. The molecule has 0 aliphatic rings. The Balaban J connectivity index is 2.95. The summed E-state index contributed by atoms with van der Waals surface area (Å²) in [5, 5.41) is 3.89. The number of carbonyl (C=O) groups excluding carboxylic acids is 1. The molecule has 19 heavy (non-hydrogen) atoms. The number of anilines is 1. The summed E-state index contributed by atoms with van der Waals surface area (Å²) in [5.74, 6) is 0. The largest absolute Gasteiger partial charge is 0.444 e. The van der Waals surface area contributed by atoms with Crippen LogP contribution in [0.15, 0.2) is 24.8 Å². The van der Waals surface area contributed by atoms with E-state index in [9.17, 15) is 4.79 Å². The predicted octanol–water partition coefficient (Wildman–Crippen LogP) is 5.10. The minimum Gasteiger partial charge on any atom is -0.444 e. The summed E-state index contributed by atoms with van der Waals surface area (Å²) in [7, 11) is 0. The summed E-state index contributed by atoms with van der Waals surface area (Å²) in [4.78, 5) is 11.8. The van der Waals surface area contributed by atoms with Gasteiger partial charge in [0.1, 0.15) is 5.60 Å². The molecule has 0 saturated carbocycles. The van der Waals surface area contributed by atoms with Crippen molar-refractivity contribution in [1.29, 1.82) is 0 Å². The molecule has 0 atom stereocenters. The van der Waals surface area contributed by atoms with Gasteiger partial charge in [0.25, 0.3) is 0 Å². The lowest BCUT2D eigenvalue weighted by atomic mass is 10.1. The smallest absolute Gasteiger partial charge is 0.412 e. The van der Waals surface area contributed by atoms with E-state index in [0.717, 1.165) is 11.1 Å². The number of hydrogen-bond acceptors (Lipinski definition) is 2. The maximum Gasteiger partial charge on any atom is 0.412 e. The number of allylic oxidation sites excluding steroid dienone is 1. The Labute approximate surface area is 127 Å². The molecule has 0 unspecified atom stereocenters. The molecule has 0 fully saturated rings. The molecule has 0 saturated heterocycles. The average molecular weight is 347 g/mol. The van der Waals surface area contributed by atoms with Crippen LogP contribution in [-0.4, -0.2) is 17.0 Å². The highest BCUT2D eigenvalue weighted by atomic mass is 79.9. The van der Waals surface area contributed by atoms with E-state index in [4.69, 9.17) is 16.3 Å². The average Bonchev–Trinajstić information content (AvgIpc) is 2.28. The van der Waals surface area contributed by atoms with Crippen LogP contribution in [0.1, 0.15) is 26.3 Å². The van der Waals surface area contributed by atoms with Crippen molar-refractivity contribution in [2.75, 3.05) is 10.6 Å². The van der Waals surface area contributed by atoms with Crippen LogP contribution < -0.4 is 5.32 Å². The molecule has 0 bridgehead atoms. The highest BCUT2D eigenvalue weighted by Crippen LogP contribution is 2.28. The molecule has 1 aromatic rings. The van der Waals surface area contributed by atoms with Gasteiger partial charge in [-0.15, -0.1) is 0 Å². The summed E-state index contributed by atoms with van der Waals surface area (Å²) in [6, 6.07) is 5.20. The summed E-state index contributed by atoms with van der Waals surface area (Å²) in [5.41, 5.74) is 1.70. The molecular formula is C14H17BrClNO2. The van der Waals surface area contributed by atoms with Gasteiger partial charge in [0.15, 0.2) is 0 Å². The van der Waals surface area contributed by atoms with Gasteiger partial charge in [0.2, 0.25) is 0 Å². The first-order chi connectivity index (χ1) is 8.73. The summed E-state index contributed by atoms with van der Waals surface area (Å²) < 4.78 is 5.22. The number of carbonyl (C=O) groups is 1. The molecule has 0 aliphatic heterocycles. The number of halogens is 2. The lowest BCUT2D eigenvalue weighted by Crippen LogP contribution is -2.27. The van der Waals surface area contributed by atoms with Crippen LogP contribution in [0, 0.1) is 0 Å². The molecule has 104 valence electrons. The first kappa shape index (κ1) is 16.1. The maximum absolute atomic E-state index is 11.8. The zero-order valence-electron chi connectivity index (χ0n) is 11.2. The van der Waals surface area contributed by atoms with Crippen molar-refractivity contribution in [2.45, 2.75) is 26.4 Å². The fourth-order valence-electron chi connectivity index (χ4n) is 1.40. The quantitative estimate of drug-likeness (QED) is 0.774. The highest BCUT2D eigenvalue weighted by molar-refractivity contribution is 9.09. The molecule has 1 amide bonds. The Hall–Kier alpha value is -1.00. The monoisotopic (exact) mass is 345 g/mol. The van der Waals surface area contributed by atoms with Gasteiger partial charge >= 0.3 is 6.09 Å². The standard InChI is InChI=1S/C14H17BrClNO2/c1-9(8-15)11-7-10(16)5-6-12(11)17-13(18)19-14(2,3)4/h5-7H,1,8H2,2-4H3,(H,17,18). The van der Waals surface area contributed by atoms with Gasteiger partial charge in [-0.1, -0.05) is 34.1 Å². The second-order valence-corrected chi connectivity index (χ2v) is 6.05. The summed E-state index contributed by atoms with van der Waals surface area (Å²) in [6.07, 6.45) is -0.501. The van der Waals surface area contributed by atoms with E-state index in [0.29, 0.717) is 16.0 Å². The lowest BCUT2D eigenvalue weighted by molar-refractivity contribution is 0.0636. The van der Waals surface area contributed by atoms with E-state index in [1.807, 2.05) is 20.8 Å². The molecule has 0 radical (unpaired) electrons. The van der Waals surface area contributed by atoms with E-state index in [1.54, 1.807) is 18.2 Å². The van der Waals surface area contributed by atoms with E-state index < -0.39 is 11.7 Å². The van der Waals surface area contributed by atoms with Gasteiger partial charge in [-0.25, -0.2) is 4.79 Å².